The van der Waals surface area contributed by atoms with Crippen molar-refractivity contribution < 1.29 is 14.3 Å². The van der Waals surface area contributed by atoms with Crippen molar-refractivity contribution in [3.63, 3.8) is 0 Å². The maximum Gasteiger partial charge on any atom is 0.237 e. The van der Waals surface area contributed by atoms with Crippen LogP contribution in [-0.2, 0) is 4.79 Å². The predicted molar refractivity (Wildman–Crippen MR) is 67.7 cm³/mol. The number of hydrogen-bond donors (Lipinski definition) is 0. The lowest BCUT2D eigenvalue weighted by atomic mass is 10.0. The summed E-state index contributed by atoms with van der Waals surface area (Å²) in [5.74, 6) is 0.282. The summed E-state index contributed by atoms with van der Waals surface area (Å²) in [6.45, 7) is 0. The molecule has 3 nitrogen and oxygen atoms in total. The molecule has 0 bridgehead atoms. The van der Waals surface area contributed by atoms with Gasteiger partial charge in [0.2, 0.25) is 6.29 Å². The van der Waals surface area contributed by atoms with Gasteiger partial charge in [-0.05, 0) is 18.2 Å². The van der Waals surface area contributed by atoms with Crippen LogP contribution in [0.1, 0.15) is 21.5 Å². The van der Waals surface area contributed by atoms with Gasteiger partial charge >= 0.3 is 0 Å². The molecule has 18 heavy (non-hydrogen) atoms. The number of hydrogen-bond acceptors (Lipinski definition) is 3. The van der Waals surface area contributed by atoms with Crippen LogP contribution in [0.5, 0.6) is 5.75 Å². The van der Waals surface area contributed by atoms with Crippen molar-refractivity contribution in [2.24, 2.45) is 0 Å². The molecule has 0 atom stereocenters. The topological polar surface area (TPSA) is 43.4 Å². The second-order valence-corrected chi connectivity index (χ2v) is 3.71. The van der Waals surface area contributed by atoms with Crippen LogP contribution in [0.2, 0.25) is 0 Å². The first-order valence-electron chi connectivity index (χ1n) is 5.42. The molecule has 0 saturated carbocycles. The van der Waals surface area contributed by atoms with Gasteiger partial charge in [0.25, 0.3) is 0 Å². The molecular weight excluding hydrogens is 228 g/mol. The van der Waals surface area contributed by atoms with Gasteiger partial charge in [-0.15, -0.1) is 0 Å². The van der Waals surface area contributed by atoms with Crippen LogP contribution in [0.4, 0.5) is 0 Å². The third-order valence-corrected chi connectivity index (χ3v) is 2.61. The van der Waals surface area contributed by atoms with Crippen molar-refractivity contribution in [2.45, 2.75) is 0 Å². The van der Waals surface area contributed by atoms with Gasteiger partial charge in [0.05, 0.1) is 12.7 Å². The second-order valence-electron chi connectivity index (χ2n) is 3.71. The Hall–Kier alpha value is -2.42. The predicted octanol–water partition coefficient (Wildman–Crippen LogP) is 2.38. The molecule has 0 aromatic heterocycles. The number of ketones is 1. The minimum atomic E-state index is -0.130. The van der Waals surface area contributed by atoms with Crippen LogP contribution in [0.3, 0.4) is 0 Å². The molecule has 2 rings (SSSR count). The largest absolute Gasteiger partial charge is 0.496 e. The van der Waals surface area contributed by atoms with Crippen molar-refractivity contribution >= 4 is 12.1 Å². The summed E-state index contributed by atoms with van der Waals surface area (Å²) in [5.41, 5.74) is 1.28. The Morgan fingerprint density at radius 2 is 1.78 bits per heavy atom. The Kier molecular flexibility index (Phi) is 3.53. The molecule has 0 heterocycles. The maximum atomic E-state index is 12.1. The summed E-state index contributed by atoms with van der Waals surface area (Å²) < 4.78 is 5.00. The van der Waals surface area contributed by atoms with E-state index in [4.69, 9.17) is 4.74 Å². The summed E-state index contributed by atoms with van der Waals surface area (Å²) in [7, 11) is 1.47. The zero-order chi connectivity index (χ0) is 13.0. The van der Waals surface area contributed by atoms with Crippen LogP contribution < -0.4 is 4.74 Å². The lowest BCUT2D eigenvalue weighted by molar-refractivity contribution is 0.103. The highest BCUT2D eigenvalue weighted by molar-refractivity contribution is 6.09. The van der Waals surface area contributed by atoms with Crippen molar-refractivity contribution in [1.82, 2.24) is 0 Å². The fraction of sp³-hybridized carbons (Fsp3) is 0.0667. The standard InChI is InChI=1S/C15H11O3/c1-18-14-8-7-12(9-13(14)10-16)15(17)11-5-3-2-4-6-11/h2-9H,1H3. The third-order valence-electron chi connectivity index (χ3n) is 2.61. The van der Waals surface area contributed by atoms with E-state index in [1.807, 2.05) is 6.07 Å². The van der Waals surface area contributed by atoms with Crippen LogP contribution in [0.15, 0.2) is 48.5 Å². The minimum absolute atomic E-state index is 0.130. The molecule has 0 aliphatic heterocycles. The number of carbonyl (C=O) groups excluding carboxylic acids is 2. The van der Waals surface area contributed by atoms with E-state index in [0.717, 1.165) is 0 Å². The molecule has 89 valence electrons. The van der Waals surface area contributed by atoms with Gasteiger partial charge < -0.3 is 4.74 Å². The lowest BCUT2D eigenvalue weighted by Crippen LogP contribution is -2.02. The molecule has 2 aromatic carbocycles. The van der Waals surface area contributed by atoms with Gasteiger partial charge in [0.1, 0.15) is 5.75 Å². The SMILES string of the molecule is COc1ccc(C(=O)c2ccccc2)cc1[C]=O. The van der Waals surface area contributed by atoms with Crippen LogP contribution in [-0.4, -0.2) is 19.2 Å². The molecule has 0 aliphatic carbocycles. The Labute approximate surface area is 105 Å². The monoisotopic (exact) mass is 239 g/mol. The van der Waals surface area contributed by atoms with Gasteiger partial charge in [-0.1, -0.05) is 30.3 Å². The molecule has 0 unspecified atom stereocenters. The van der Waals surface area contributed by atoms with E-state index in [0.29, 0.717) is 16.9 Å². The van der Waals surface area contributed by atoms with Gasteiger partial charge in [-0.25, -0.2) is 0 Å². The van der Waals surface area contributed by atoms with E-state index in [2.05, 4.69) is 0 Å². The fourth-order valence-corrected chi connectivity index (χ4v) is 1.69. The van der Waals surface area contributed by atoms with Crippen LogP contribution in [0.25, 0.3) is 0 Å². The first kappa shape index (κ1) is 12.0. The molecule has 1 radical (unpaired) electrons. The van der Waals surface area contributed by atoms with Crippen LogP contribution >= 0.6 is 0 Å². The average molecular weight is 239 g/mol. The van der Waals surface area contributed by atoms with E-state index in [9.17, 15) is 9.59 Å². The zero-order valence-corrected chi connectivity index (χ0v) is 9.84. The van der Waals surface area contributed by atoms with Gasteiger partial charge in [0, 0.05) is 11.1 Å². The zero-order valence-electron chi connectivity index (χ0n) is 9.84. The van der Waals surface area contributed by atoms with E-state index in [1.54, 1.807) is 42.7 Å². The van der Waals surface area contributed by atoms with Crippen LogP contribution in [0, 0.1) is 0 Å². The van der Waals surface area contributed by atoms with E-state index in [-0.39, 0.29) is 11.3 Å². The smallest absolute Gasteiger partial charge is 0.237 e. The number of carbonyl (C=O) groups is 1. The minimum Gasteiger partial charge on any atom is -0.496 e. The highest BCUT2D eigenvalue weighted by Gasteiger charge is 2.11. The molecule has 0 saturated heterocycles. The fourth-order valence-electron chi connectivity index (χ4n) is 1.69. The summed E-state index contributed by atoms with van der Waals surface area (Å²) in [5, 5.41) is 0. The van der Waals surface area contributed by atoms with E-state index >= 15 is 0 Å². The Morgan fingerprint density at radius 1 is 1.06 bits per heavy atom. The second kappa shape index (κ2) is 5.27. The normalized spacial score (nSPS) is 9.83. The summed E-state index contributed by atoms with van der Waals surface area (Å²) in [6.07, 6.45) is 1.77. The number of methoxy groups -OCH3 is 1. The number of benzene rings is 2. The quantitative estimate of drug-likeness (QED) is 0.769. The van der Waals surface area contributed by atoms with E-state index < -0.39 is 0 Å². The van der Waals surface area contributed by atoms with E-state index in [1.165, 1.54) is 13.2 Å². The molecule has 0 spiro atoms. The molecular formula is C15H11O3. The Balaban J connectivity index is 2.40. The molecule has 2 aromatic rings. The third kappa shape index (κ3) is 2.30. The number of ether oxygens (including phenoxy) is 1. The van der Waals surface area contributed by atoms with Crippen molar-refractivity contribution in [2.75, 3.05) is 7.11 Å². The van der Waals surface area contributed by atoms with Gasteiger partial charge in [0.15, 0.2) is 5.78 Å². The summed E-state index contributed by atoms with van der Waals surface area (Å²) in [6, 6.07) is 13.6. The summed E-state index contributed by atoms with van der Waals surface area (Å²) in [4.78, 5) is 22.9. The number of rotatable bonds is 4. The van der Waals surface area contributed by atoms with Gasteiger partial charge in [-0.2, -0.15) is 0 Å². The Bertz CT molecular complexity index is 574. The van der Waals surface area contributed by atoms with Crippen molar-refractivity contribution in [1.29, 1.82) is 0 Å². The average Bonchev–Trinajstić information content (AvgIpc) is 2.46. The molecule has 0 aliphatic rings. The first-order valence-corrected chi connectivity index (χ1v) is 5.42. The molecule has 0 amide bonds. The molecule has 3 heteroatoms. The molecule has 0 N–H and O–H groups in total. The molecule has 0 fully saturated rings. The first-order chi connectivity index (χ1) is 8.76. The highest BCUT2D eigenvalue weighted by atomic mass is 16.5. The van der Waals surface area contributed by atoms with Gasteiger partial charge in [-0.3, -0.25) is 9.59 Å². The Morgan fingerprint density at radius 3 is 2.39 bits per heavy atom. The maximum absolute atomic E-state index is 12.1. The lowest BCUT2D eigenvalue weighted by Gasteiger charge is -2.05. The highest BCUT2D eigenvalue weighted by Crippen LogP contribution is 2.19. The summed E-state index contributed by atoms with van der Waals surface area (Å²) >= 11 is 0. The van der Waals surface area contributed by atoms with Crippen molar-refractivity contribution in [3.8, 4) is 5.75 Å². The van der Waals surface area contributed by atoms with Crippen molar-refractivity contribution in [3.05, 3.63) is 65.2 Å².